The monoisotopic (exact) mass is 312 g/mol. The van der Waals surface area contributed by atoms with E-state index in [0.717, 1.165) is 4.90 Å². The lowest BCUT2D eigenvalue weighted by molar-refractivity contribution is -0.119. The van der Waals surface area contributed by atoms with Crippen LogP contribution in [0.15, 0.2) is 18.3 Å². The van der Waals surface area contributed by atoms with Crippen LogP contribution in [0.5, 0.6) is 5.75 Å². The number of rotatable bonds is 5. The molecule has 0 aliphatic rings. The third-order valence-corrected chi connectivity index (χ3v) is 2.35. The van der Waals surface area contributed by atoms with Crippen molar-refractivity contribution in [3.05, 3.63) is 18.3 Å². The minimum absolute atomic E-state index is 0.201. The molecule has 17 heavy (non-hydrogen) atoms. The first kappa shape index (κ1) is 14.1. The van der Waals surface area contributed by atoms with E-state index < -0.39 is 12.7 Å². The minimum atomic E-state index is -4.27. The van der Waals surface area contributed by atoms with E-state index in [-0.39, 0.29) is 12.4 Å². The van der Waals surface area contributed by atoms with Crippen molar-refractivity contribution in [2.45, 2.75) is 6.18 Å². The van der Waals surface area contributed by atoms with E-state index in [0.29, 0.717) is 11.1 Å². The fourth-order valence-electron chi connectivity index (χ4n) is 1.36. The number of alkyl halides is 4. The van der Waals surface area contributed by atoms with Crippen LogP contribution in [0, 0.1) is 0 Å². The first-order chi connectivity index (χ1) is 7.98. The molecule has 0 bridgehead atoms. The highest BCUT2D eigenvalue weighted by Gasteiger charge is 2.32. The number of nitrogens with zero attached hydrogens (tertiary/aromatic N) is 2. The van der Waals surface area contributed by atoms with Crippen molar-refractivity contribution in [1.29, 1.82) is 0 Å². The Bertz CT molecular complexity index is 360. The summed E-state index contributed by atoms with van der Waals surface area (Å²) in [6, 6.07) is 3.20. The van der Waals surface area contributed by atoms with Crippen molar-refractivity contribution >= 4 is 21.7 Å². The summed E-state index contributed by atoms with van der Waals surface area (Å²) in [7, 11) is 1.40. The van der Waals surface area contributed by atoms with E-state index >= 15 is 0 Å². The molecule has 96 valence electrons. The van der Waals surface area contributed by atoms with Gasteiger partial charge in [-0.25, -0.2) is 4.98 Å². The van der Waals surface area contributed by atoms with Crippen molar-refractivity contribution in [2.75, 3.05) is 30.4 Å². The summed E-state index contributed by atoms with van der Waals surface area (Å²) >= 11 is 3.12. The molecule has 1 heterocycles. The predicted molar refractivity (Wildman–Crippen MR) is 62.9 cm³/mol. The highest BCUT2D eigenvalue weighted by molar-refractivity contribution is 9.09. The smallest absolute Gasteiger partial charge is 0.405 e. The standard InChI is InChI=1S/C10H12BrF3N2O/c1-17-8-3-2-5-15-9(8)16(6-4-11)7-10(12,13)14/h2-3,5H,4,6-7H2,1H3. The average Bonchev–Trinajstić information content (AvgIpc) is 2.27. The molecule has 3 nitrogen and oxygen atoms in total. The second-order valence-electron chi connectivity index (χ2n) is 3.25. The molecule has 0 aliphatic heterocycles. The van der Waals surface area contributed by atoms with Gasteiger partial charge in [-0.3, -0.25) is 0 Å². The molecule has 0 unspecified atom stereocenters. The Balaban J connectivity index is 2.96. The summed E-state index contributed by atoms with van der Waals surface area (Å²) in [5.74, 6) is 0.532. The van der Waals surface area contributed by atoms with Gasteiger partial charge in [-0.15, -0.1) is 0 Å². The van der Waals surface area contributed by atoms with Crippen molar-refractivity contribution < 1.29 is 17.9 Å². The number of hydrogen-bond acceptors (Lipinski definition) is 3. The second kappa shape index (κ2) is 6.09. The van der Waals surface area contributed by atoms with Crippen LogP contribution in [0.4, 0.5) is 19.0 Å². The van der Waals surface area contributed by atoms with Crippen LogP contribution < -0.4 is 9.64 Å². The Morgan fingerprint density at radius 1 is 1.47 bits per heavy atom. The maximum atomic E-state index is 12.4. The number of halogens is 4. The van der Waals surface area contributed by atoms with E-state index in [1.165, 1.54) is 13.3 Å². The highest BCUT2D eigenvalue weighted by Crippen LogP contribution is 2.28. The van der Waals surface area contributed by atoms with E-state index in [4.69, 9.17) is 4.74 Å². The first-order valence-corrected chi connectivity index (χ1v) is 5.96. The highest BCUT2D eigenvalue weighted by atomic mass is 79.9. The largest absolute Gasteiger partial charge is 0.493 e. The number of methoxy groups -OCH3 is 1. The fourth-order valence-corrected chi connectivity index (χ4v) is 1.79. The van der Waals surface area contributed by atoms with Crippen molar-refractivity contribution in [1.82, 2.24) is 4.98 Å². The van der Waals surface area contributed by atoms with Gasteiger partial charge >= 0.3 is 6.18 Å². The van der Waals surface area contributed by atoms with E-state index in [9.17, 15) is 13.2 Å². The molecular formula is C10H12BrF3N2O. The van der Waals surface area contributed by atoms with Gasteiger partial charge in [0.15, 0.2) is 11.6 Å². The van der Waals surface area contributed by atoms with Gasteiger partial charge in [-0.05, 0) is 12.1 Å². The van der Waals surface area contributed by atoms with Crippen LogP contribution >= 0.6 is 15.9 Å². The van der Waals surface area contributed by atoms with Crippen LogP contribution in [-0.2, 0) is 0 Å². The van der Waals surface area contributed by atoms with Crippen LogP contribution in [0.3, 0.4) is 0 Å². The first-order valence-electron chi connectivity index (χ1n) is 4.84. The molecule has 0 saturated heterocycles. The fraction of sp³-hybridized carbons (Fsp3) is 0.500. The molecular weight excluding hydrogens is 301 g/mol. The summed E-state index contributed by atoms with van der Waals surface area (Å²) in [5, 5.41) is 0.419. The van der Waals surface area contributed by atoms with Crippen molar-refractivity contribution in [3.63, 3.8) is 0 Å². The molecule has 0 aliphatic carbocycles. The van der Waals surface area contributed by atoms with Gasteiger partial charge < -0.3 is 9.64 Å². The zero-order valence-electron chi connectivity index (χ0n) is 9.17. The molecule has 0 spiro atoms. The number of pyridine rings is 1. The summed E-state index contributed by atoms with van der Waals surface area (Å²) in [6.45, 7) is -0.848. The Labute approximate surface area is 106 Å². The maximum absolute atomic E-state index is 12.4. The van der Waals surface area contributed by atoms with Gasteiger partial charge in [0.25, 0.3) is 0 Å². The quantitative estimate of drug-likeness (QED) is 0.782. The van der Waals surface area contributed by atoms with Crippen LogP contribution in [-0.4, -0.2) is 36.7 Å². The number of ether oxygens (including phenoxy) is 1. The topological polar surface area (TPSA) is 25.4 Å². The number of hydrogen-bond donors (Lipinski definition) is 0. The molecule has 0 fully saturated rings. The van der Waals surface area contributed by atoms with Crippen molar-refractivity contribution in [2.24, 2.45) is 0 Å². The number of aromatic nitrogens is 1. The lowest BCUT2D eigenvalue weighted by Gasteiger charge is -2.25. The Morgan fingerprint density at radius 3 is 2.71 bits per heavy atom. The molecule has 0 amide bonds. The molecule has 1 aromatic heterocycles. The molecule has 0 radical (unpaired) electrons. The zero-order valence-corrected chi connectivity index (χ0v) is 10.8. The maximum Gasteiger partial charge on any atom is 0.405 e. The van der Waals surface area contributed by atoms with E-state index in [1.807, 2.05) is 0 Å². The summed E-state index contributed by atoms with van der Waals surface area (Å²) in [4.78, 5) is 5.07. The average molecular weight is 313 g/mol. The zero-order chi connectivity index (χ0) is 12.9. The van der Waals surface area contributed by atoms with Gasteiger partial charge in [0.1, 0.15) is 6.54 Å². The summed E-state index contributed by atoms with van der Waals surface area (Å²) < 4.78 is 42.3. The van der Waals surface area contributed by atoms with Gasteiger partial charge in [-0.1, -0.05) is 15.9 Å². The lowest BCUT2D eigenvalue weighted by atomic mass is 10.3. The van der Waals surface area contributed by atoms with E-state index in [2.05, 4.69) is 20.9 Å². The third-order valence-electron chi connectivity index (χ3n) is 1.99. The minimum Gasteiger partial charge on any atom is -0.493 e. The van der Waals surface area contributed by atoms with Gasteiger partial charge in [-0.2, -0.15) is 13.2 Å². The van der Waals surface area contributed by atoms with Crippen LogP contribution in [0.1, 0.15) is 0 Å². The van der Waals surface area contributed by atoms with Crippen LogP contribution in [0.2, 0.25) is 0 Å². The SMILES string of the molecule is COc1cccnc1N(CCBr)CC(F)(F)F. The Morgan fingerprint density at radius 2 is 2.18 bits per heavy atom. The predicted octanol–water partition coefficient (Wildman–Crippen LogP) is 2.85. The van der Waals surface area contributed by atoms with E-state index in [1.54, 1.807) is 12.1 Å². The third kappa shape index (κ3) is 4.41. The molecule has 0 aromatic carbocycles. The molecule has 0 atom stereocenters. The normalized spacial score (nSPS) is 11.4. The lowest BCUT2D eigenvalue weighted by Crippen LogP contribution is -2.36. The summed E-state index contributed by atoms with van der Waals surface area (Å²) in [5.41, 5.74) is 0. The number of anilines is 1. The Kier molecular flexibility index (Phi) is 5.04. The molecule has 7 heteroatoms. The van der Waals surface area contributed by atoms with Gasteiger partial charge in [0, 0.05) is 18.1 Å². The van der Waals surface area contributed by atoms with Gasteiger partial charge in [0.2, 0.25) is 0 Å². The Hall–Kier alpha value is -0.980. The van der Waals surface area contributed by atoms with Gasteiger partial charge in [0.05, 0.1) is 7.11 Å². The molecule has 0 saturated carbocycles. The molecule has 1 aromatic rings. The molecule has 1 rings (SSSR count). The summed E-state index contributed by atoms with van der Waals surface area (Å²) in [6.07, 6.45) is -2.83. The molecule has 0 N–H and O–H groups in total. The van der Waals surface area contributed by atoms with Crippen LogP contribution in [0.25, 0.3) is 0 Å². The second-order valence-corrected chi connectivity index (χ2v) is 4.05. The van der Waals surface area contributed by atoms with Crippen molar-refractivity contribution in [3.8, 4) is 5.75 Å².